The molecular weight excluding hydrogens is 382 g/mol. The first kappa shape index (κ1) is 22.1. The van der Waals surface area contributed by atoms with Crippen molar-refractivity contribution in [3.05, 3.63) is 64.7 Å². The topological polar surface area (TPSA) is 9.23 Å². The summed E-state index contributed by atoms with van der Waals surface area (Å²) < 4.78 is 81.9. The quantitative estimate of drug-likeness (QED) is 0.334. The van der Waals surface area contributed by atoms with Crippen LogP contribution >= 0.6 is 0 Å². The van der Waals surface area contributed by atoms with Gasteiger partial charge in [0.05, 0.1) is 17.7 Å². The van der Waals surface area contributed by atoms with Crippen molar-refractivity contribution in [2.45, 2.75) is 51.4 Å². The van der Waals surface area contributed by atoms with E-state index in [1.54, 1.807) is 13.0 Å². The lowest BCUT2D eigenvalue weighted by Crippen LogP contribution is -2.09. The van der Waals surface area contributed by atoms with Crippen molar-refractivity contribution in [1.29, 1.82) is 0 Å². The maximum Gasteiger partial charge on any atom is 0.419 e. The molecule has 0 saturated heterocycles. The van der Waals surface area contributed by atoms with E-state index in [-0.39, 0.29) is 12.4 Å². The predicted molar refractivity (Wildman–Crippen MR) is 95.3 cm³/mol. The zero-order valence-electron chi connectivity index (χ0n) is 15.5. The third kappa shape index (κ3) is 6.77. The smallest absolute Gasteiger partial charge is 0.419 e. The molecular formula is C21H22F6O. The largest absolute Gasteiger partial charge is 0.493 e. The molecule has 28 heavy (non-hydrogen) atoms. The Balaban J connectivity index is 1.69. The second kappa shape index (κ2) is 9.34. The van der Waals surface area contributed by atoms with Gasteiger partial charge in [0.1, 0.15) is 5.75 Å². The SMILES string of the molecule is Cc1ccc(OCCCCCCc2ccc(C(F)(F)F)cc2)c(C(F)(F)F)c1. The van der Waals surface area contributed by atoms with Crippen molar-refractivity contribution in [3.8, 4) is 5.75 Å². The van der Waals surface area contributed by atoms with Crippen LogP contribution in [0.5, 0.6) is 5.75 Å². The molecule has 0 N–H and O–H groups in total. The molecule has 0 heterocycles. The Morgan fingerprint density at radius 1 is 0.750 bits per heavy atom. The Hall–Kier alpha value is -2.18. The molecule has 0 fully saturated rings. The summed E-state index contributed by atoms with van der Waals surface area (Å²) in [6.07, 6.45) is -5.12. The average molecular weight is 404 g/mol. The summed E-state index contributed by atoms with van der Waals surface area (Å²) >= 11 is 0. The van der Waals surface area contributed by atoms with Crippen LogP contribution in [0, 0.1) is 6.92 Å². The lowest BCUT2D eigenvalue weighted by Gasteiger charge is -2.14. The van der Waals surface area contributed by atoms with Gasteiger partial charge >= 0.3 is 12.4 Å². The molecule has 0 aliphatic carbocycles. The molecule has 0 bridgehead atoms. The summed E-state index contributed by atoms with van der Waals surface area (Å²) in [5, 5.41) is 0. The van der Waals surface area contributed by atoms with Crippen LogP contribution in [0.25, 0.3) is 0 Å². The fourth-order valence-electron chi connectivity index (χ4n) is 2.82. The zero-order valence-corrected chi connectivity index (χ0v) is 15.5. The second-order valence-corrected chi connectivity index (χ2v) is 6.70. The van der Waals surface area contributed by atoms with Gasteiger partial charge < -0.3 is 4.74 Å². The maximum absolute atomic E-state index is 13.0. The highest BCUT2D eigenvalue weighted by molar-refractivity contribution is 5.38. The fourth-order valence-corrected chi connectivity index (χ4v) is 2.82. The third-order valence-electron chi connectivity index (χ3n) is 4.34. The van der Waals surface area contributed by atoms with E-state index < -0.39 is 23.5 Å². The number of hydrogen-bond donors (Lipinski definition) is 0. The van der Waals surface area contributed by atoms with E-state index in [2.05, 4.69) is 0 Å². The van der Waals surface area contributed by atoms with E-state index in [1.165, 1.54) is 18.2 Å². The van der Waals surface area contributed by atoms with Crippen molar-refractivity contribution >= 4 is 0 Å². The van der Waals surface area contributed by atoms with Crippen LogP contribution in [0.1, 0.15) is 47.9 Å². The molecule has 0 radical (unpaired) electrons. The van der Waals surface area contributed by atoms with Gasteiger partial charge in [-0.1, -0.05) is 36.6 Å². The normalized spacial score (nSPS) is 12.2. The average Bonchev–Trinajstić information content (AvgIpc) is 2.60. The minimum atomic E-state index is -4.46. The lowest BCUT2D eigenvalue weighted by atomic mass is 10.0. The molecule has 0 unspecified atom stereocenters. The van der Waals surface area contributed by atoms with Crippen LogP contribution in [0.15, 0.2) is 42.5 Å². The van der Waals surface area contributed by atoms with Gasteiger partial charge in [-0.2, -0.15) is 26.3 Å². The summed E-state index contributed by atoms with van der Waals surface area (Å²) in [7, 11) is 0. The molecule has 0 amide bonds. The van der Waals surface area contributed by atoms with Crippen LogP contribution in [-0.4, -0.2) is 6.61 Å². The first-order valence-electron chi connectivity index (χ1n) is 9.04. The lowest BCUT2D eigenvalue weighted by molar-refractivity contribution is -0.139. The molecule has 2 aromatic rings. The van der Waals surface area contributed by atoms with Gasteiger partial charge in [0.2, 0.25) is 0 Å². The van der Waals surface area contributed by atoms with Gasteiger partial charge in [-0.25, -0.2) is 0 Å². The van der Waals surface area contributed by atoms with Crippen molar-refractivity contribution in [2.75, 3.05) is 6.61 Å². The molecule has 0 aliphatic rings. The Bertz CT molecular complexity index is 747. The number of benzene rings is 2. The number of hydrogen-bond acceptors (Lipinski definition) is 1. The summed E-state index contributed by atoms with van der Waals surface area (Å²) in [5.41, 5.74) is -0.0841. The molecule has 2 rings (SSSR count). The standard InChI is InChI=1S/C21H22F6O/c1-15-7-12-19(18(14-15)21(25,26)27)28-13-5-3-2-4-6-16-8-10-17(11-9-16)20(22,23)24/h7-12,14H,2-6,13H2,1H3. The highest BCUT2D eigenvalue weighted by Gasteiger charge is 2.34. The summed E-state index contributed by atoms with van der Waals surface area (Å²) in [5.74, 6) is -0.164. The number of halogens is 6. The Morgan fingerprint density at radius 2 is 1.39 bits per heavy atom. The summed E-state index contributed by atoms with van der Waals surface area (Å²) in [4.78, 5) is 0. The number of unbranched alkanes of at least 4 members (excludes halogenated alkanes) is 3. The van der Waals surface area contributed by atoms with E-state index in [4.69, 9.17) is 4.74 Å². The minimum Gasteiger partial charge on any atom is -0.493 e. The molecule has 154 valence electrons. The molecule has 2 aromatic carbocycles. The van der Waals surface area contributed by atoms with Crippen LogP contribution in [0.2, 0.25) is 0 Å². The van der Waals surface area contributed by atoms with Crippen LogP contribution in [0.3, 0.4) is 0 Å². The maximum atomic E-state index is 13.0. The molecule has 7 heteroatoms. The minimum absolute atomic E-state index is 0.164. The first-order chi connectivity index (χ1) is 13.1. The highest BCUT2D eigenvalue weighted by Crippen LogP contribution is 2.36. The van der Waals surface area contributed by atoms with E-state index >= 15 is 0 Å². The zero-order chi connectivity index (χ0) is 20.8. The van der Waals surface area contributed by atoms with Crippen LogP contribution in [-0.2, 0) is 18.8 Å². The number of aryl methyl sites for hydroxylation is 2. The molecule has 0 aliphatic heterocycles. The van der Waals surface area contributed by atoms with Gasteiger partial charge in [-0.3, -0.25) is 0 Å². The molecule has 0 aromatic heterocycles. The summed E-state index contributed by atoms with van der Waals surface area (Å²) in [6, 6.07) is 9.08. The van der Waals surface area contributed by atoms with Crippen molar-refractivity contribution in [1.82, 2.24) is 0 Å². The fraction of sp³-hybridized carbons (Fsp3) is 0.429. The Kier molecular flexibility index (Phi) is 7.38. The van der Waals surface area contributed by atoms with E-state index in [0.29, 0.717) is 18.4 Å². The van der Waals surface area contributed by atoms with E-state index in [1.807, 2.05) is 0 Å². The van der Waals surface area contributed by atoms with Crippen molar-refractivity contribution in [3.63, 3.8) is 0 Å². The first-order valence-corrected chi connectivity index (χ1v) is 9.04. The van der Waals surface area contributed by atoms with Gasteiger partial charge in [-0.05, 0) is 56.0 Å². The van der Waals surface area contributed by atoms with E-state index in [9.17, 15) is 26.3 Å². The molecule has 0 saturated carbocycles. The van der Waals surface area contributed by atoms with Gasteiger partial charge in [-0.15, -0.1) is 0 Å². The monoisotopic (exact) mass is 404 g/mol. The highest BCUT2D eigenvalue weighted by atomic mass is 19.4. The molecule has 0 spiro atoms. The van der Waals surface area contributed by atoms with Crippen LogP contribution < -0.4 is 4.74 Å². The Labute approximate surface area is 160 Å². The van der Waals surface area contributed by atoms with E-state index in [0.717, 1.165) is 43.0 Å². The van der Waals surface area contributed by atoms with Crippen molar-refractivity contribution in [2.24, 2.45) is 0 Å². The number of ether oxygens (including phenoxy) is 1. The second-order valence-electron chi connectivity index (χ2n) is 6.70. The summed E-state index contributed by atoms with van der Waals surface area (Å²) in [6.45, 7) is 1.78. The predicted octanol–water partition coefficient (Wildman–Crippen LogP) is 7.21. The third-order valence-corrected chi connectivity index (χ3v) is 4.34. The number of alkyl halides is 6. The van der Waals surface area contributed by atoms with Gasteiger partial charge in [0, 0.05) is 0 Å². The molecule has 1 nitrogen and oxygen atoms in total. The van der Waals surface area contributed by atoms with Crippen molar-refractivity contribution < 1.29 is 31.1 Å². The Morgan fingerprint density at radius 3 is 2.00 bits per heavy atom. The molecule has 0 atom stereocenters. The van der Waals surface area contributed by atoms with Gasteiger partial charge in [0.15, 0.2) is 0 Å². The van der Waals surface area contributed by atoms with Gasteiger partial charge in [0.25, 0.3) is 0 Å². The number of rotatable bonds is 8. The van der Waals surface area contributed by atoms with Crippen LogP contribution in [0.4, 0.5) is 26.3 Å².